The fourth-order valence-electron chi connectivity index (χ4n) is 2.66. The van der Waals surface area contributed by atoms with Crippen LogP contribution in [0.1, 0.15) is 39.0 Å². The number of aliphatic hydroxyl groups is 1. The molecule has 1 saturated carbocycles. The smallest absolute Gasteiger partial charge is 0.311 e. The molecule has 1 rings (SSSR count). The molecule has 1 aliphatic carbocycles. The van der Waals surface area contributed by atoms with Crippen LogP contribution in [0.15, 0.2) is 0 Å². The van der Waals surface area contributed by atoms with Crippen molar-refractivity contribution in [1.82, 2.24) is 0 Å². The zero-order chi connectivity index (χ0) is 12.2. The Bertz CT molecular complexity index is 241. The molecule has 0 aliphatic heterocycles. The van der Waals surface area contributed by atoms with Gasteiger partial charge in [-0.2, -0.15) is 0 Å². The highest BCUT2D eigenvalue weighted by atomic mass is 16.5. The van der Waals surface area contributed by atoms with Gasteiger partial charge in [0.15, 0.2) is 0 Å². The van der Waals surface area contributed by atoms with Crippen molar-refractivity contribution in [2.24, 2.45) is 5.92 Å². The Morgan fingerprint density at radius 1 is 1.56 bits per heavy atom. The van der Waals surface area contributed by atoms with Gasteiger partial charge in [-0.05, 0) is 25.7 Å². The summed E-state index contributed by atoms with van der Waals surface area (Å²) in [4.78, 5) is 11.6. The quantitative estimate of drug-likeness (QED) is 0.744. The van der Waals surface area contributed by atoms with Crippen LogP contribution >= 0.6 is 0 Å². The first-order valence-corrected chi connectivity index (χ1v) is 5.90. The summed E-state index contributed by atoms with van der Waals surface area (Å²) >= 11 is 0. The van der Waals surface area contributed by atoms with E-state index < -0.39 is 11.5 Å². The monoisotopic (exact) mass is 230 g/mol. The van der Waals surface area contributed by atoms with E-state index in [0.717, 1.165) is 12.8 Å². The molecule has 0 saturated heterocycles. The number of rotatable bonds is 4. The van der Waals surface area contributed by atoms with Crippen molar-refractivity contribution >= 4 is 5.97 Å². The third-order valence-corrected chi connectivity index (χ3v) is 3.59. The molecule has 0 heterocycles. The van der Waals surface area contributed by atoms with E-state index in [1.807, 2.05) is 6.92 Å². The maximum absolute atomic E-state index is 11.6. The first-order chi connectivity index (χ1) is 7.57. The molecular formula is C12H22O4. The lowest BCUT2D eigenvalue weighted by molar-refractivity contribution is -0.163. The van der Waals surface area contributed by atoms with Crippen molar-refractivity contribution in [1.29, 1.82) is 0 Å². The van der Waals surface area contributed by atoms with E-state index in [4.69, 9.17) is 9.47 Å². The first-order valence-electron chi connectivity index (χ1n) is 5.90. The van der Waals surface area contributed by atoms with Gasteiger partial charge in [0.1, 0.15) is 0 Å². The molecule has 0 radical (unpaired) electrons. The zero-order valence-corrected chi connectivity index (χ0v) is 10.4. The number of carbonyl (C=O) groups is 1. The molecule has 0 aromatic rings. The van der Waals surface area contributed by atoms with Crippen LogP contribution in [-0.4, -0.2) is 37.0 Å². The lowest BCUT2D eigenvalue weighted by Crippen LogP contribution is -2.47. The Hall–Kier alpha value is -0.610. The second-order valence-corrected chi connectivity index (χ2v) is 4.54. The van der Waals surface area contributed by atoms with Gasteiger partial charge in [-0.1, -0.05) is 6.92 Å². The highest BCUT2D eigenvalue weighted by molar-refractivity contribution is 5.73. The minimum absolute atomic E-state index is 0.0532. The maximum Gasteiger partial charge on any atom is 0.311 e. The van der Waals surface area contributed by atoms with Crippen LogP contribution < -0.4 is 0 Å². The summed E-state index contributed by atoms with van der Waals surface area (Å²) in [6.07, 6.45) is 3.67. The minimum atomic E-state index is -0.958. The highest BCUT2D eigenvalue weighted by Crippen LogP contribution is 2.37. The number of ether oxygens (including phenoxy) is 2. The summed E-state index contributed by atoms with van der Waals surface area (Å²) in [6, 6.07) is 0. The van der Waals surface area contributed by atoms with Crippen LogP contribution in [-0.2, 0) is 14.3 Å². The molecular weight excluding hydrogens is 208 g/mol. The van der Waals surface area contributed by atoms with E-state index in [0.29, 0.717) is 19.3 Å². The molecule has 1 aliphatic rings. The van der Waals surface area contributed by atoms with Crippen molar-refractivity contribution in [3.05, 3.63) is 0 Å². The van der Waals surface area contributed by atoms with Gasteiger partial charge in [0, 0.05) is 13.5 Å². The molecule has 0 amide bonds. The van der Waals surface area contributed by atoms with E-state index in [-0.39, 0.29) is 12.1 Å². The van der Waals surface area contributed by atoms with E-state index in [2.05, 4.69) is 0 Å². The summed E-state index contributed by atoms with van der Waals surface area (Å²) < 4.78 is 10.0. The summed E-state index contributed by atoms with van der Waals surface area (Å²) in [5, 5.41) is 10.6. The van der Waals surface area contributed by atoms with E-state index in [9.17, 15) is 9.90 Å². The van der Waals surface area contributed by atoms with Crippen molar-refractivity contribution < 1.29 is 19.4 Å². The number of esters is 1. The number of hydrogen-bond acceptors (Lipinski definition) is 4. The second-order valence-electron chi connectivity index (χ2n) is 4.54. The van der Waals surface area contributed by atoms with Gasteiger partial charge < -0.3 is 14.6 Å². The molecule has 0 bridgehead atoms. The van der Waals surface area contributed by atoms with E-state index >= 15 is 0 Å². The molecule has 3 atom stereocenters. The topological polar surface area (TPSA) is 55.8 Å². The third-order valence-electron chi connectivity index (χ3n) is 3.59. The Kier molecular flexibility index (Phi) is 4.74. The molecule has 4 nitrogen and oxygen atoms in total. The van der Waals surface area contributed by atoms with Gasteiger partial charge >= 0.3 is 5.97 Å². The molecule has 1 N–H and O–H groups in total. The van der Waals surface area contributed by atoms with Crippen LogP contribution in [0.4, 0.5) is 0 Å². The zero-order valence-electron chi connectivity index (χ0n) is 10.4. The summed E-state index contributed by atoms with van der Waals surface area (Å²) in [6.45, 7) is 1.90. The number of hydrogen-bond donors (Lipinski definition) is 1. The fraction of sp³-hybridized carbons (Fsp3) is 0.917. The molecule has 94 valence electrons. The van der Waals surface area contributed by atoms with Crippen LogP contribution in [0.5, 0.6) is 0 Å². The molecule has 4 heteroatoms. The second kappa shape index (κ2) is 5.64. The van der Waals surface area contributed by atoms with Crippen molar-refractivity contribution in [3.8, 4) is 0 Å². The van der Waals surface area contributed by atoms with Crippen molar-refractivity contribution in [3.63, 3.8) is 0 Å². The van der Waals surface area contributed by atoms with Gasteiger partial charge in [0.05, 0.1) is 24.7 Å². The normalized spacial score (nSPS) is 32.1. The van der Waals surface area contributed by atoms with Crippen LogP contribution in [0.25, 0.3) is 0 Å². The maximum atomic E-state index is 11.6. The summed E-state index contributed by atoms with van der Waals surface area (Å²) in [7, 11) is 3.01. The van der Waals surface area contributed by atoms with Gasteiger partial charge in [-0.3, -0.25) is 4.79 Å². The lowest BCUT2D eigenvalue weighted by atomic mass is 9.73. The molecule has 0 aromatic heterocycles. The first kappa shape index (κ1) is 13.5. The standard InChI is InChI=1S/C12H22O4/c1-4-10(11(13)16-3)12(14)7-5-6-9(8-12)15-2/h9-10,14H,4-8H2,1-3H3. The van der Waals surface area contributed by atoms with E-state index in [1.165, 1.54) is 7.11 Å². The van der Waals surface area contributed by atoms with Gasteiger partial charge in [-0.25, -0.2) is 0 Å². The molecule has 0 aromatic carbocycles. The average Bonchev–Trinajstić information content (AvgIpc) is 2.29. The third kappa shape index (κ3) is 2.74. The lowest BCUT2D eigenvalue weighted by Gasteiger charge is -2.40. The SMILES string of the molecule is CCC(C(=O)OC)C1(O)CCCC(OC)C1. The Labute approximate surface area is 96.9 Å². The van der Waals surface area contributed by atoms with Gasteiger partial charge in [-0.15, -0.1) is 0 Å². The van der Waals surface area contributed by atoms with Crippen LogP contribution in [0, 0.1) is 5.92 Å². The Morgan fingerprint density at radius 2 is 2.25 bits per heavy atom. The molecule has 0 spiro atoms. The van der Waals surface area contributed by atoms with Crippen LogP contribution in [0.2, 0.25) is 0 Å². The van der Waals surface area contributed by atoms with Crippen LogP contribution in [0.3, 0.4) is 0 Å². The van der Waals surface area contributed by atoms with Crippen molar-refractivity contribution in [2.45, 2.75) is 50.7 Å². The number of methoxy groups -OCH3 is 2. The van der Waals surface area contributed by atoms with Gasteiger partial charge in [0.25, 0.3) is 0 Å². The summed E-state index contributed by atoms with van der Waals surface area (Å²) in [5.41, 5.74) is -0.958. The van der Waals surface area contributed by atoms with E-state index in [1.54, 1.807) is 7.11 Å². The molecule has 16 heavy (non-hydrogen) atoms. The Balaban J connectivity index is 2.76. The van der Waals surface area contributed by atoms with Gasteiger partial charge in [0.2, 0.25) is 0 Å². The average molecular weight is 230 g/mol. The molecule has 1 fully saturated rings. The predicted molar refractivity (Wildman–Crippen MR) is 60.0 cm³/mol. The number of carbonyl (C=O) groups excluding carboxylic acids is 1. The Morgan fingerprint density at radius 3 is 2.75 bits per heavy atom. The molecule has 3 unspecified atom stereocenters. The largest absolute Gasteiger partial charge is 0.469 e. The highest BCUT2D eigenvalue weighted by Gasteiger charge is 2.44. The minimum Gasteiger partial charge on any atom is -0.469 e. The fourth-order valence-corrected chi connectivity index (χ4v) is 2.66. The van der Waals surface area contributed by atoms with Crippen molar-refractivity contribution in [2.75, 3.05) is 14.2 Å². The summed E-state index contributed by atoms with van der Waals surface area (Å²) in [5.74, 6) is -0.753. The predicted octanol–water partition coefficient (Wildman–Crippen LogP) is 1.51.